The van der Waals surface area contributed by atoms with Gasteiger partial charge >= 0.3 is 0 Å². The predicted molar refractivity (Wildman–Crippen MR) is 66.6 cm³/mol. The van der Waals surface area contributed by atoms with Gasteiger partial charge in [0.2, 0.25) is 0 Å². The van der Waals surface area contributed by atoms with Crippen molar-refractivity contribution in [1.82, 2.24) is 0 Å². The molecule has 15 heavy (non-hydrogen) atoms. The van der Waals surface area contributed by atoms with Crippen LogP contribution in [0.2, 0.25) is 0 Å². The van der Waals surface area contributed by atoms with Crippen molar-refractivity contribution in [3.05, 3.63) is 34.7 Å². The minimum absolute atomic E-state index is 0.746. The fourth-order valence-corrected chi connectivity index (χ4v) is 3.40. The van der Waals surface area contributed by atoms with Crippen LogP contribution in [-0.2, 0) is 6.42 Å². The molecule has 1 aliphatic rings. The van der Waals surface area contributed by atoms with Crippen LogP contribution < -0.4 is 5.73 Å². The third-order valence-electron chi connectivity index (χ3n) is 3.14. The average molecular weight is 217 g/mol. The zero-order valence-corrected chi connectivity index (χ0v) is 9.52. The summed E-state index contributed by atoms with van der Waals surface area (Å²) in [5.41, 5.74) is 8.64. The lowest BCUT2D eigenvalue weighted by atomic mass is 10.1. The van der Waals surface area contributed by atoms with Crippen LogP contribution >= 0.6 is 11.3 Å². The highest BCUT2D eigenvalue weighted by molar-refractivity contribution is 7.17. The van der Waals surface area contributed by atoms with E-state index in [2.05, 4.69) is 23.6 Å². The zero-order valence-electron chi connectivity index (χ0n) is 8.70. The Morgan fingerprint density at radius 1 is 1.33 bits per heavy atom. The van der Waals surface area contributed by atoms with Gasteiger partial charge in [0.1, 0.15) is 0 Å². The first-order chi connectivity index (χ1) is 7.40. The van der Waals surface area contributed by atoms with Crippen molar-refractivity contribution in [1.29, 1.82) is 0 Å². The highest BCUT2D eigenvalue weighted by Crippen LogP contribution is 2.45. The topological polar surface area (TPSA) is 26.0 Å². The fraction of sp³-hybridized carbons (Fsp3) is 0.385. The second-order valence-corrected chi connectivity index (χ2v) is 5.18. The van der Waals surface area contributed by atoms with Gasteiger partial charge in [0.05, 0.1) is 0 Å². The summed E-state index contributed by atoms with van der Waals surface area (Å²) < 4.78 is 1.46. The lowest BCUT2D eigenvalue weighted by molar-refractivity contribution is 0.979. The Morgan fingerprint density at radius 2 is 2.20 bits per heavy atom. The van der Waals surface area contributed by atoms with Crippen LogP contribution in [0.4, 0.5) is 0 Å². The molecule has 2 aromatic rings. The molecule has 2 N–H and O–H groups in total. The molecule has 0 bridgehead atoms. The molecule has 1 aromatic heterocycles. The number of benzene rings is 1. The van der Waals surface area contributed by atoms with Crippen LogP contribution in [0, 0.1) is 0 Å². The molecule has 0 unspecified atom stereocenters. The summed E-state index contributed by atoms with van der Waals surface area (Å²) >= 11 is 1.89. The largest absolute Gasteiger partial charge is 0.330 e. The maximum atomic E-state index is 5.64. The summed E-state index contributed by atoms with van der Waals surface area (Å²) in [6.07, 6.45) is 3.77. The van der Waals surface area contributed by atoms with Crippen molar-refractivity contribution in [3.8, 4) is 0 Å². The van der Waals surface area contributed by atoms with E-state index in [0.717, 1.165) is 18.9 Å². The molecule has 0 saturated heterocycles. The Hall–Kier alpha value is -0.860. The first-order valence-corrected chi connectivity index (χ1v) is 6.47. The van der Waals surface area contributed by atoms with Crippen molar-refractivity contribution < 1.29 is 0 Å². The second kappa shape index (κ2) is 3.62. The summed E-state index contributed by atoms with van der Waals surface area (Å²) in [4.78, 5) is 0. The Bertz CT molecular complexity index is 482. The van der Waals surface area contributed by atoms with Crippen LogP contribution in [0.1, 0.15) is 29.9 Å². The number of rotatable bonds is 3. The van der Waals surface area contributed by atoms with E-state index in [0.29, 0.717) is 0 Å². The zero-order chi connectivity index (χ0) is 10.3. The van der Waals surface area contributed by atoms with E-state index in [1.165, 1.54) is 28.5 Å². The molecule has 0 radical (unpaired) electrons. The molecular weight excluding hydrogens is 202 g/mol. The van der Waals surface area contributed by atoms with Crippen LogP contribution in [-0.4, -0.2) is 6.54 Å². The molecule has 3 rings (SSSR count). The van der Waals surface area contributed by atoms with Crippen molar-refractivity contribution >= 4 is 21.4 Å². The minimum atomic E-state index is 0.746. The second-order valence-electron chi connectivity index (χ2n) is 4.30. The summed E-state index contributed by atoms with van der Waals surface area (Å²) in [5.74, 6) is 0.854. The standard InChI is InChI=1S/C13H15NS/c14-7-6-10-2-1-3-11-12(9-4-5-9)8-15-13(10)11/h1-3,8-9H,4-7,14H2. The van der Waals surface area contributed by atoms with Crippen molar-refractivity contribution in [2.45, 2.75) is 25.2 Å². The van der Waals surface area contributed by atoms with Crippen molar-refractivity contribution in [2.75, 3.05) is 6.54 Å². The average Bonchev–Trinajstić information content (AvgIpc) is 3.00. The van der Waals surface area contributed by atoms with Crippen molar-refractivity contribution in [3.63, 3.8) is 0 Å². The van der Waals surface area contributed by atoms with Gasteiger partial charge in [0.15, 0.2) is 0 Å². The third kappa shape index (κ3) is 1.58. The molecule has 1 saturated carbocycles. The molecular formula is C13H15NS. The molecule has 1 aliphatic carbocycles. The predicted octanol–water partition coefficient (Wildman–Crippen LogP) is 3.28. The molecule has 0 spiro atoms. The van der Waals surface area contributed by atoms with E-state index >= 15 is 0 Å². The maximum Gasteiger partial charge on any atom is 0.0378 e. The van der Waals surface area contributed by atoms with Gasteiger partial charge in [0.25, 0.3) is 0 Å². The van der Waals surface area contributed by atoms with Gasteiger partial charge in [-0.15, -0.1) is 11.3 Å². The van der Waals surface area contributed by atoms with Crippen LogP contribution in [0.15, 0.2) is 23.6 Å². The van der Waals surface area contributed by atoms with E-state index in [9.17, 15) is 0 Å². The molecule has 78 valence electrons. The normalized spacial score (nSPS) is 16.1. The summed E-state index contributed by atoms with van der Waals surface area (Å²) in [7, 11) is 0. The third-order valence-corrected chi connectivity index (χ3v) is 4.23. The van der Waals surface area contributed by atoms with Gasteiger partial charge in [-0.25, -0.2) is 0 Å². The maximum absolute atomic E-state index is 5.64. The quantitative estimate of drug-likeness (QED) is 0.839. The van der Waals surface area contributed by atoms with Gasteiger partial charge in [0, 0.05) is 4.70 Å². The van der Waals surface area contributed by atoms with E-state index < -0.39 is 0 Å². The number of thiophene rings is 1. The SMILES string of the molecule is NCCc1cccc2c(C3CC3)csc12. The van der Waals surface area contributed by atoms with Gasteiger partial charge in [-0.1, -0.05) is 18.2 Å². The van der Waals surface area contributed by atoms with Crippen LogP contribution in [0.25, 0.3) is 10.1 Å². The molecule has 1 nitrogen and oxygen atoms in total. The van der Waals surface area contributed by atoms with Gasteiger partial charge in [-0.2, -0.15) is 0 Å². The highest BCUT2D eigenvalue weighted by Gasteiger charge is 2.26. The first kappa shape index (κ1) is 9.37. The summed E-state index contributed by atoms with van der Waals surface area (Å²) in [6, 6.07) is 6.65. The number of hydrogen-bond donors (Lipinski definition) is 1. The Kier molecular flexibility index (Phi) is 2.26. The summed E-state index contributed by atoms with van der Waals surface area (Å²) in [5, 5.41) is 3.83. The molecule has 0 aliphatic heterocycles. The molecule has 2 heteroatoms. The van der Waals surface area contributed by atoms with Gasteiger partial charge in [-0.3, -0.25) is 0 Å². The van der Waals surface area contributed by atoms with Crippen molar-refractivity contribution in [2.24, 2.45) is 5.73 Å². The smallest absolute Gasteiger partial charge is 0.0378 e. The van der Waals surface area contributed by atoms with E-state index in [4.69, 9.17) is 5.73 Å². The Morgan fingerprint density at radius 3 is 2.93 bits per heavy atom. The van der Waals surface area contributed by atoms with E-state index in [1.807, 2.05) is 11.3 Å². The molecule has 1 fully saturated rings. The summed E-state index contributed by atoms with van der Waals surface area (Å²) in [6.45, 7) is 0.746. The fourth-order valence-electron chi connectivity index (χ4n) is 2.20. The number of nitrogens with two attached hydrogens (primary N) is 1. The molecule has 0 amide bonds. The lowest BCUT2D eigenvalue weighted by Gasteiger charge is -2.01. The Labute approximate surface area is 93.9 Å². The lowest BCUT2D eigenvalue weighted by Crippen LogP contribution is -2.02. The van der Waals surface area contributed by atoms with Gasteiger partial charge < -0.3 is 5.73 Å². The van der Waals surface area contributed by atoms with Gasteiger partial charge in [-0.05, 0) is 53.6 Å². The minimum Gasteiger partial charge on any atom is -0.330 e. The number of hydrogen-bond acceptors (Lipinski definition) is 2. The molecule has 1 heterocycles. The Balaban J connectivity index is 2.14. The molecule has 0 atom stereocenters. The monoisotopic (exact) mass is 217 g/mol. The first-order valence-electron chi connectivity index (χ1n) is 5.59. The highest BCUT2D eigenvalue weighted by atomic mass is 32.1. The van der Waals surface area contributed by atoms with E-state index in [-0.39, 0.29) is 0 Å². The van der Waals surface area contributed by atoms with Crippen LogP contribution in [0.3, 0.4) is 0 Å². The molecule has 1 aromatic carbocycles. The van der Waals surface area contributed by atoms with E-state index in [1.54, 1.807) is 5.56 Å². The number of fused-ring (bicyclic) bond motifs is 1. The van der Waals surface area contributed by atoms with Crippen LogP contribution in [0.5, 0.6) is 0 Å².